The van der Waals surface area contributed by atoms with Gasteiger partial charge >= 0.3 is 6.01 Å². The first kappa shape index (κ1) is 18.9. The summed E-state index contributed by atoms with van der Waals surface area (Å²) < 4.78 is 11.2. The molecule has 0 bridgehead atoms. The van der Waals surface area contributed by atoms with Gasteiger partial charge in [-0.2, -0.15) is 4.98 Å². The lowest BCUT2D eigenvalue weighted by atomic mass is 10.1. The Morgan fingerprint density at radius 1 is 1.00 bits per heavy atom. The molecule has 3 heterocycles. The van der Waals surface area contributed by atoms with Crippen LogP contribution in [0.2, 0.25) is 5.02 Å². The van der Waals surface area contributed by atoms with Gasteiger partial charge in [0.05, 0.1) is 29.4 Å². The fourth-order valence-corrected chi connectivity index (χ4v) is 3.78. The van der Waals surface area contributed by atoms with E-state index in [-0.39, 0.29) is 0 Å². The van der Waals surface area contributed by atoms with Gasteiger partial charge in [-0.25, -0.2) is 4.98 Å². The number of anilines is 1. The summed E-state index contributed by atoms with van der Waals surface area (Å²) in [6.45, 7) is 5.37. The van der Waals surface area contributed by atoms with Crippen molar-refractivity contribution in [3.8, 4) is 23.0 Å². The van der Waals surface area contributed by atoms with Crippen LogP contribution >= 0.6 is 11.6 Å². The molecular weight excluding hydrogens is 400 g/mol. The number of aromatic amines is 1. The van der Waals surface area contributed by atoms with Crippen molar-refractivity contribution in [2.45, 2.75) is 6.92 Å². The zero-order valence-corrected chi connectivity index (χ0v) is 17.3. The summed E-state index contributed by atoms with van der Waals surface area (Å²) >= 11 is 6.54. The van der Waals surface area contributed by atoms with Gasteiger partial charge in [-0.3, -0.25) is 0 Å². The molecule has 1 fully saturated rings. The Labute approximate surface area is 179 Å². The molecule has 0 spiro atoms. The van der Waals surface area contributed by atoms with Crippen LogP contribution in [0.25, 0.3) is 22.4 Å². The number of hydrogen-bond acceptors (Lipinski definition) is 5. The van der Waals surface area contributed by atoms with Gasteiger partial charge < -0.3 is 19.4 Å². The second-order valence-electron chi connectivity index (χ2n) is 7.29. The third kappa shape index (κ3) is 3.84. The fourth-order valence-electron chi connectivity index (χ4n) is 3.52. The number of morpholine rings is 1. The largest absolute Gasteiger partial charge is 0.426 e. The number of fused-ring (bicyclic) bond motifs is 1. The van der Waals surface area contributed by atoms with Crippen molar-refractivity contribution in [3.63, 3.8) is 0 Å². The average Bonchev–Trinajstić information content (AvgIpc) is 3.16. The molecule has 0 saturated carbocycles. The molecule has 0 atom stereocenters. The first-order chi connectivity index (χ1) is 14.7. The van der Waals surface area contributed by atoms with Gasteiger partial charge in [0.15, 0.2) is 5.65 Å². The van der Waals surface area contributed by atoms with Gasteiger partial charge in [-0.05, 0) is 37.3 Å². The molecule has 30 heavy (non-hydrogen) atoms. The average molecular weight is 421 g/mol. The highest BCUT2D eigenvalue weighted by Gasteiger charge is 2.14. The number of H-pyrrole nitrogens is 1. The molecule has 152 valence electrons. The monoisotopic (exact) mass is 420 g/mol. The van der Waals surface area contributed by atoms with Crippen molar-refractivity contribution in [1.29, 1.82) is 0 Å². The molecule has 0 aliphatic carbocycles. The number of benzene rings is 2. The maximum atomic E-state index is 6.54. The van der Waals surface area contributed by atoms with E-state index in [1.54, 1.807) is 0 Å². The van der Waals surface area contributed by atoms with Crippen LogP contribution in [0.1, 0.15) is 5.56 Å². The third-order valence-corrected chi connectivity index (χ3v) is 5.45. The van der Waals surface area contributed by atoms with Crippen LogP contribution in [0, 0.1) is 6.92 Å². The molecule has 1 aliphatic heterocycles. The van der Waals surface area contributed by atoms with Gasteiger partial charge in [-0.1, -0.05) is 41.4 Å². The molecule has 0 radical (unpaired) electrons. The fraction of sp³-hybridized carbons (Fsp3) is 0.217. The summed E-state index contributed by atoms with van der Waals surface area (Å²) in [5.41, 5.74) is 5.29. The minimum absolute atomic E-state index is 0.386. The second-order valence-corrected chi connectivity index (χ2v) is 7.70. The van der Waals surface area contributed by atoms with E-state index < -0.39 is 0 Å². The van der Waals surface area contributed by atoms with E-state index >= 15 is 0 Å². The molecule has 2 aromatic heterocycles. The normalized spacial score (nSPS) is 14.3. The zero-order valence-electron chi connectivity index (χ0n) is 16.6. The maximum Gasteiger partial charge on any atom is 0.301 e. The summed E-state index contributed by atoms with van der Waals surface area (Å²) in [5, 5.41) is 0.562. The Hall–Kier alpha value is -3.09. The van der Waals surface area contributed by atoms with Gasteiger partial charge in [0, 0.05) is 24.3 Å². The van der Waals surface area contributed by atoms with Crippen molar-refractivity contribution < 1.29 is 9.47 Å². The van der Waals surface area contributed by atoms with E-state index in [2.05, 4.69) is 32.0 Å². The lowest BCUT2D eigenvalue weighted by molar-refractivity contribution is 0.122. The second kappa shape index (κ2) is 7.97. The topological polar surface area (TPSA) is 63.3 Å². The van der Waals surface area contributed by atoms with E-state index in [1.165, 1.54) is 11.3 Å². The van der Waals surface area contributed by atoms with E-state index in [1.807, 2.05) is 49.4 Å². The van der Waals surface area contributed by atoms with Crippen LogP contribution in [0.5, 0.6) is 11.8 Å². The summed E-state index contributed by atoms with van der Waals surface area (Å²) in [6.07, 6.45) is 0. The van der Waals surface area contributed by atoms with Gasteiger partial charge in [0.2, 0.25) is 0 Å². The predicted molar refractivity (Wildman–Crippen MR) is 119 cm³/mol. The highest BCUT2D eigenvalue weighted by atomic mass is 35.5. The first-order valence-corrected chi connectivity index (χ1v) is 10.3. The summed E-state index contributed by atoms with van der Waals surface area (Å²) in [5.74, 6) is 0.713. The van der Waals surface area contributed by atoms with Crippen LogP contribution in [-0.2, 0) is 4.74 Å². The van der Waals surface area contributed by atoms with E-state index in [9.17, 15) is 0 Å². The number of ether oxygens (including phenoxy) is 2. The number of halogens is 1. The standard InChI is InChI=1S/C23H21ClN4O2/c1-15-2-8-18(9-3-15)30-23-25-20-14-19(24)21(26-22(20)27-23)16-4-6-17(7-5-16)28-10-12-29-13-11-28/h2-9,14H,10-13H2,1H3,(H,25,26,27). The van der Waals surface area contributed by atoms with Crippen LogP contribution in [0.4, 0.5) is 5.69 Å². The minimum Gasteiger partial charge on any atom is -0.426 e. The number of imidazole rings is 1. The zero-order chi connectivity index (χ0) is 20.5. The molecule has 4 aromatic rings. The molecule has 6 nitrogen and oxygen atoms in total. The SMILES string of the molecule is Cc1ccc(Oc2nc3nc(-c4ccc(N5CCOCC5)cc4)c(Cl)cc3[nH]2)cc1. The summed E-state index contributed by atoms with van der Waals surface area (Å²) in [6, 6.07) is 18.3. The number of pyridine rings is 1. The molecule has 1 saturated heterocycles. The van der Waals surface area contributed by atoms with Crippen molar-refractivity contribution in [2.75, 3.05) is 31.2 Å². The molecule has 7 heteroatoms. The molecule has 0 unspecified atom stereocenters. The van der Waals surface area contributed by atoms with Gasteiger partial charge in [-0.15, -0.1) is 0 Å². The van der Waals surface area contributed by atoms with Crippen LogP contribution in [0.3, 0.4) is 0 Å². The molecule has 0 amide bonds. The number of aromatic nitrogens is 3. The Morgan fingerprint density at radius 2 is 1.73 bits per heavy atom. The Morgan fingerprint density at radius 3 is 2.47 bits per heavy atom. The highest BCUT2D eigenvalue weighted by molar-refractivity contribution is 6.33. The van der Waals surface area contributed by atoms with Crippen LogP contribution < -0.4 is 9.64 Å². The Bertz CT molecular complexity index is 1170. The predicted octanol–water partition coefficient (Wildman–Crippen LogP) is 5.22. The maximum absolute atomic E-state index is 6.54. The van der Waals surface area contributed by atoms with Gasteiger partial charge in [0.1, 0.15) is 5.75 Å². The highest BCUT2D eigenvalue weighted by Crippen LogP contribution is 2.31. The molecule has 2 aromatic carbocycles. The molecule has 1 N–H and O–H groups in total. The summed E-state index contributed by atoms with van der Waals surface area (Å²) in [7, 11) is 0. The molecule has 5 rings (SSSR count). The number of nitrogens with one attached hydrogen (secondary N) is 1. The number of rotatable bonds is 4. The number of aryl methyl sites for hydroxylation is 1. The Balaban J connectivity index is 1.41. The van der Waals surface area contributed by atoms with Crippen molar-refractivity contribution in [2.24, 2.45) is 0 Å². The van der Waals surface area contributed by atoms with Crippen molar-refractivity contribution >= 4 is 28.5 Å². The molecule has 1 aliphatic rings. The van der Waals surface area contributed by atoms with Crippen molar-refractivity contribution in [3.05, 3.63) is 65.2 Å². The smallest absolute Gasteiger partial charge is 0.301 e. The quantitative estimate of drug-likeness (QED) is 0.490. The van der Waals surface area contributed by atoms with E-state index in [0.29, 0.717) is 28.1 Å². The number of hydrogen-bond donors (Lipinski definition) is 1. The van der Waals surface area contributed by atoms with E-state index in [4.69, 9.17) is 21.1 Å². The van der Waals surface area contributed by atoms with Crippen LogP contribution in [0.15, 0.2) is 54.6 Å². The van der Waals surface area contributed by atoms with E-state index in [0.717, 1.165) is 37.4 Å². The lowest BCUT2D eigenvalue weighted by Crippen LogP contribution is -2.36. The van der Waals surface area contributed by atoms with Crippen LogP contribution in [-0.4, -0.2) is 41.3 Å². The lowest BCUT2D eigenvalue weighted by Gasteiger charge is -2.28. The third-order valence-electron chi connectivity index (χ3n) is 5.16. The van der Waals surface area contributed by atoms with Crippen molar-refractivity contribution in [1.82, 2.24) is 15.0 Å². The molecular formula is C23H21ClN4O2. The first-order valence-electron chi connectivity index (χ1n) is 9.90. The Kier molecular flexibility index (Phi) is 5.02. The minimum atomic E-state index is 0.386. The summed E-state index contributed by atoms with van der Waals surface area (Å²) in [4.78, 5) is 14.6. The number of nitrogens with zero attached hydrogens (tertiary/aromatic N) is 3. The van der Waals surface area contributed by atoms with Gasteiger partial charge in [0.25, 0.3) is 0 Å².